The summed E-state index contributed by atoms with van der Waals surface area (Å²) >= 11 is 0. The molecule has 0 bridgehead atoms. The van der Waals surface area contributed by atoms with Crippen LogP contribution in [0.15, 0.2) is 0 Å². The van der Waals surface area contributed by atoms with E-state index in [9.17, 15) is 0 Å². The van der Waals surface area contributed by atoms with Gasteiger partial charge in [-0.25, -0.2) is 0 Å². The molecule has 0 heterocycles. The molecule has 2 heteroatoms. The molecule has 0 spiro atoms. The van der Waals surface area contributed by atoms with Gasteiger partial charge in [0.25, 0.3) is 0 Å². The zero-order valence-corrected chi connectivity index (χ0v) is 3.91. The van der Waals surface area contributed by atoms with Crippen LogP contribution in [0.3, 0.4) is 0 Å². The van der Waals surface area contributed by atoms with Crippen LogP contribution in [0.25, 0.3) is 0 Å². The fourth-order valence-corrected chi connectivity index (χ4v) is 0.250. The molecule has 0 unspecified atom stereocenters. The second-order valence-corrected chi connectivity index (χ2v) is 0.957. The van der Waals surface area contributed by atoms with Gasteiger partial charge in [0.05, 0.1) is 0 Å². The molecule has 1 nitrogen and oxygen atoms in total. The van der Waals surface area contributed by atoms with Crippen molar-refractivity contribution in [1.29, 1.82) is 0 Å². The second kappa shape index (κ2) is 9.52. The molecule has 0 aromatic rings. The third kappa shape index (κ3) is 8.97. The van der Waals surface area contributed by atoms with Gasteiger partial charge >= 0.3 is 37.7 Å². The second-order valence-electron chi connectivity index (χ2n) is 0.957. The van der Waals surface area contributed by atoms with Crippen molar-refractivity contribution in [2.24, 2.45) is 0 Å². The fraction of sp³-hybridized carbons (Fsp3) is 1.00. The molecule has 0 aliphatic rings. The molecule has 0 aromatic carbocycles. The Morgan fingerprint density at radius 1 is 1.17 bits per heavy atom. The van der Waals surface area contributed by atoms with Crippen LogP contribution in [0.5, 0.6) is 0 Å². The summed E-state index contributed by atoms with van der Waals surface area (Å²) in [6.07, 6.45) is 0. The Kier molecular flexibility index (Phi) is 16.3. The number of hydrogen-bond donors (Lipinski definition) is 1. The Balaban J connectivity index is 0. The molecule has 0 saturated heterocycles. The van der Waals surface area contributed by atoms with E-state index < -0.39 is 0 Å². The van der Waals surface area contributed by atoms with Gasteiger partial charge in [0.2, 0.25) is 0 Å². The third-order valence-corrected chi connectivity index (χ3v) is 0.500. The molecule has 0 fully saturated rings. The van der Waals surface area contributed by atoms with Crippen LogP contribution in [-0.2, 0) is 0 Å². The van der Waals surface area contributed by atoms with Crippen LogP contribution in [0, 0.1) is 0 Å². The van der Waals surface area contributed by atoms with Crippen LogP contribution in [-0.4, -0.2) is 50.8 Å². The molecular formula is C4H13CaN. The first-order valence-electron chi connectivity index (χ1n) is 2.12. The van der Waals surface area contributed by atoms with Crippen molar-refractivity contribution in [3.05, 3.63) is 0 Å². The number of rotatable bonds is 2. The summed E-state index contributed by atoms with van der Waals surface area (Å²) in [4.78, 5) is 0. The summed E-state index contributed by atoms with van der Waals surface area (Å²) in [5, 5.41) is 3.11. The quantitative estimate of drug-likeness (QED) is 0.487. The topological polar surface area (TPSA) is 12.0 Å². The first-order chi connectivity index (χ1) is 2.41. The first-order valence-corrected chi connectivity index (χ1v) is 2.12. The first kappa shape index (κ1) is 10.3. The summed E-state index contributed by atoms with van der Waals surface area (Å²) in [5.74, 6) is 0. The van der Waals surface area contributed by atoms with E-state index in [-0.39, 0.29) is 37.7 Å². The van der Waals surface area contributed by atoms with Gasteiger partial charge in [0.1, 0.15) is 0 Å². The van der Waals surface area contributed by atoms with Crippen LogP contribution < -0.4 is 5.32 Å². The Hall–Kier alpha value is 1.22. The summed E-state index contributed by atoms with van der Waals surface area (Å²) in [6.45, 7) is 6.39. The van der Waals surface area contributed by atoms with Gasteiger partial charge in [-0.1, -0.05) is 13.8 Å². The summed E-state index contributed by atoms with van der Waals surface area (Å²) in [7, 11) is 0. The van der Waals surface area contributed by atoms with E-state index in [1.807, 2.05) is 0 Å². The monoisotopic (exact) mass is 115 g/mol. The Morgan fingerprint density at radius 2 is 1.50 bits per heavy atom. The molecule has 0 aliphatic heterocycles. The van der Waals surface area contributed by atoms with Crippen molar-refractivity contribution in [2.45, 2.75) is 13.8 Å². The molecule has 36 valence electrons. The Bertz CT molecular complexity index is 15.0. The van der Waals surface area contributed by atoms with Crippen LogP contribution in [0.2, 0.25) is 0 Å². The van der Waals surface area contributed by atoms with Crippen molar-refractivity contribution in [3.8, 4) is 0 Å². The number of nitrogens with one attached hydrogen (secondary N) is 1. The van der Waals surface area contributed by atoms with E-state index in [1.165, 1.54) is 0 Å². The number of hydrogen-bond acceptors (Lipinski definition) is 1. The Labute approximate surface area is 69.5 Å². The molecule has 0 atom stereocenters. The zero-order valence-electron chi connectivity index (χ0n) is 3.91. The minimum atomic E-state index is 0. The maximum atomic E-state index is 3.11. The van der Waals surface area contributed by atoms with Gasteiger partial charge in [-0.2, -0.15) is 0 Å². The molecule has 0 aliphatic carbocycles. The van der Waals surface area contributed by atoms with Gasteiger partial charge in [-0.15, -0.1) is 0 Å². The molecular weight excluding hydrogens is 102 g/mol. The summed E-state index contributed by atoms with van der Waals surface area (Å²) in [5.41, 5.74) is 0. The van der Waals surface area contributed by atoms with Crippen molar-refractivity contribution in [2.75, 3.05) is 13.1 Å². The van der Waals surface area contributed by atoms with Crippen molar-refractivity contribution in [1.82, 2.24) is 5.32 Å². The normalized spacial score (nSPS) is 7.00. The third-order valence-electron chi connectivity index (χ3n) is 0.500. The van der Waals surface area contributed by atoms with Crippen LogP contribution in [0.4, 0.5) is 0 Å². The van der Waals surface area contributed by atoms with E-state index in [0.29, 0.717) is 0 Å². The van der Waals surface area contributed by atoms with Gasteiger partial charge < -0.3 is 5.32 Å². The molecule has 1 N–H and O–H groups in total. The van der Waals surface area contributed by atoms with Crippen molar-refractivity contribution >= 4 is 37.7 Å². The predicted octanol–water partition coefficient (Wildman–Crippen LogP) is -0.300. The van der Waals surface area contributed by atoms with Crippen LogP contribution >= 0.6 is 0 Å². The van der Waals surface area contributed by atoms with Gasteiger partial charge in [-0.3, -0.25) is 0 Å². The fourth-order valence-electron chi connectivity index (χ4n) is 0.250. The molecule has 0 aromatic heterocycles. The van der Waals surface area contributed by atoms with Gasteiger partial charge in [-0.05, 0) is 13.1 Å². The van der Waals surface area contributed by atoms with Gasteiger partial charge in [0, 0.05) is 0 Å². The summed E-state index contributed by atoms with van der Waals surface area (Å²) < 4.78 is 0. The average molecular weight is 115 g/mol. The molecule has 0 saturated carbocycles. The van der Waals surface area contributed by atoms with Crippen molar-refractivity contribution < 1.29 is 0 Å². The maximum absolute atomic E-state index is 3.11. The minimum absolute atomic E-state index is 0. The van der Waals surface area contributed by atoms with E-state index in [1.54, 1.807) is 0 Å². The van der Waals surface area contributed by atoms with E-state index in [4.69, 9.17) is 0 Å². The average Bonchev–Trinajstić information content (AvgIpc) is 1.41. The van der Waals surface area contributed by atoms with E-state index >= 15 is 0 Å². The van der Waals surface area contributed by atoms with Crippen LogP contribution in [0.1, 0.15) is 13.8 Å². The standard InChI is InChI=1S/C4H11N.Ca.2H/c1-3-5-4-2;;;/h5H,3-4H2,1-2H3;;;. The summed E-state index contributed by atoms with van der Waals surface area (Å²) in [6, 6.07) is 0. The van der Waals surface area contributed by atoms with Crippen molar-refractivity contribution in [3.63, 3.8) is 0 Å². The molecule has 0 amide bonds. The van der Waals surface area contributed by atoms with E-state index in [2.05, 4.69) is 19.2 Å². The Morgan fingerprint density at radius 3 is 1.50 bits per heavy atom. The zero-order chi connectivity index (χ0) is 4.12. The molecule has 6 heavy (non-hydrogen) atoms. The predicted molar refractivity (Wildman–Crippen MR) is 32.8 cm³/mol. The van der Waals surface area contributed by atoms with E-state index in [0.717, 1.165) is 13.1 Å². The SMILES string of the molecule is CCNCC.[CaH2]. The molecule has 0 radical (unpaired) electrons. The van der Waals surface area contributed by atoms with Gasteiger partial charge in [0.15, 0.2) is 0 Å². The molecule has 0 rings (SSSR count).